The second kappa shape index (κ2) is 6.40. The van der Waals surface area contributed by atoms with Gasteiger partial charge in [0.2, 0.25) is 0 Å². The zero-order valence-corrected chi connectivity index (χ0v) is 9.79. The number of nitrogens with one attached hydrogen (secondary N) is 1. The van der Waals surface area contributed by atoms with Crippen molar-refractivity contribution in [2.75, 3.05) is 13.1 Å². The Hall–Kier alpha value is -1.09. The summed E-state index contributed by atoms with van der Waals surface area (Å²) in [6, 6.07) is 0. The molecule has 0 spiro atoms. The molecule has 0 amide bonds. The quantitative estimate of drug-likeness (QED) is 0.547. The van der Waals surface area contributed by atoms with Crippen molar-refractivity contribution in [1.29, 1.82) is 0 Å². The number of imidazole rings is 1. The van der Waals surface area contributed by atoms with Crippen LogP contribution >= 0.6 is 0 Å². The molecule has 1 heterocycles. The first-order chi connectivity index (χ1) is 7.27. The highest BCUT2D eigenvalue weighted by Crippen LogP contribution is 2.02. The molecule has 0 atom stereocenters. The summed E-state index contributed by atoms with van der Waals surface area (Å²) < 4.78 is 2.16. The summed E-state index contributed by atoms with van der Waals surface area (Å²) in [5.74, 6) is 1.13. The third-order valence-electron chi connectivity index (χ3n) is 2.31. The van der Waals surface area contributed by atoms with Crippen molar-refractivity contribution < 1.29 is 0 Å². The molecule has 1 aromatic rings. The van der Waals surface area contributed by atoms with Crippen molar-refractivity contribution in [1.82, 2.24) is 14.9 Å². The SMILES string of the molecule is C=C(CNCCC)Cn1ccnc1CC. The molecule has 0 aliphatic carbocycles. The Bertz CT molecular complexity index is 302. The van der Waals surface area contributed by atoms with Crippen molar-refractivity contribution in [3.8, 4) is 0 Å². The maximum Gasteiger partial charge on any atom is 0.108 e. The van der Waals surface area contributed by atoms with Crippen LogP contribution in [0.5, 0.6) is 0 Å². The lowest BCUT2D eigenvalue weighted by atomic mass is 10.3. The highest BCUT2D eigenvalue weighted by Gasteiger charge is 2.01. The molecule has 3 heteroatoms. The molecule has 0 unspecified atom stereocenters. The molecule has 1 N–H and O–H groups in total. The fourth-order valence-corrected chi connectivity index (χ4v) is 1.54. The van der Waals surface area contributed by atoms with Crippen LogP contribution in [0, 0.1) is 0 Å². The van der Waals surface area contributed by atoms with Crippen LogP contribution in [0.3, 0.4) is 0 Å². The third kappa shape index (κ3) is 3.88. The summed E-state index contributed by atoms with van der Waals surface area (Å²) >= 11 is 0. The van der Waals surface area contributed by atoms with E-state index >= 15 is 0 Å². The molecule has 3 nitrogen and oxygen atoms in total. The standard InChI is InChI=1S/C12H21N3/c1-4-6-13-9-11(3)10-15-8-7-14-12(15)5-2/h7-8,13H,3-6,9-10H2,1-2H3. The van der Waals surface area contributed by atoms with Gasteiger partial charge in [0.15, 0.2) is 0 Å². The largest absolute Gasteiger partial charge is 0.331 e. The van der Waals surface area contributed by atoms with E-state index in [1.165, 1.54) is 12.0 Å². The minimum Gasteiger partial charge on any atom is -0.331 e. The molecule has 0 saturated carbocycles. The van der Waals surface area contributed by atoms with Gasteiger partial charge in [-0.1, -0.05) is 20.4 Å². The summed E-state index contributed by atoms with van der Waals surface area (Å²) in [6.07, 6.45) is 6.01. The zero-order valence-electron chi connectivity index (χ0n) is 9.79. The molecule has 15 heavy (non-hydrogen) atoms. The predicted molar refractivity (Wildman–Crippen MR) is 63.9 cm³/mol. The normalized spacial score (nSPS) is 10.5. The zero-order chi connectivity index (χ0) is 11.1. The molecule has 0 fully saturated rings. The van der Waals surface area contributed by atoms with Gasteiger partial charge in [0, 0.05) is 31.9 Å². The lowest BCUT2D eigenvalue weighted by Gasteiger charge is -2.09. The Morgan fingerprint density at radius 1 is 1.53 bits per heavy atom. The molecule has 0 aromatic carbocycles. The predicted octanol–water partition coefficient (Wildman–Crippen LogP) is 2.00. The highest BCUT2D eigenvalue weighted by molar-refractivity contribution is 5.02. The molecule has 84 valence electrons. The van der Waals surface area contributed by atoms with Gasteiger partial charge < -0.3 is 9.88 Å². The van der Waals surface area contributed by atoms with E-state index in [2.05, 4.69) is 35.3 Å². The highest BCUT2D eigenvalue weighted by atomic mass is 15.1. The Balaban J connectivity index is 2.37. The molecule has 1 rings (SSSR count). The molecule has 0 bridgehead atoms. The summed E-state index contributed by atoms with van der Waals surface area (Å²) in [5.41, 5.74) is 1.20. The van der Waals surface area contributed by atoms with Crippen LogP contribution in [0.25, 0.3) is 0 Å². The van der Waals surface area contributed by atoms with Crippen molar-refractivity contribution in [3.05, 3.63) is 30.4 Å². The van der Waals surface area contributed by atoms with Gasteiger partial charge in [-0.05, 0) is 18.5 Å². The Kier molecular flexibility index (Phi) is 5.12. The smallest absolute Gasteiger partial charge is 0.108 e. The third-order valence-corrected chi connectivity index (χ3v) is 2.31. The van der Waals surface area contributed by atoms with E-state index in [9.17, 15) is 0 Å². The minimum atomic E-state index is 0.875. The summed E-state index contributed by atoms with van der Waals surface area (Å²) in [7, 11) is 0. The van der Waals surface area contributed by atoms with Gasteiger partial charge in [-0.2, -0.15) is 0 Å². The van der Waals surface area contributed by atoms with Crippen LogP contribution in [0.1, 0.15) is 26.1 Å². The van der Waals surface area contributed by atoms with Crippen molar-refractivity contribution in [3.63, 3.8) is 0 Å². The van der Waals surface area contributed by atoms with Gasteiger partial charge >= 0.3 is 0 Å². The van der Waals surface area contributed by atoms with E-state index in [1.54, 1.807) is 0 Å². The average Bonchev–Trinajstić information content (AvgIpc) is 2.65. The molecular formula is C12H21N3. The first kappa shape index (κ1) is 12.0. The van der Waals surface area contributed by atoms with E-state index in [4.69, 9.17) is 0 Å². The second-order valence-electron chi connectivity index (χ2n) is 3.75. The maximum absolute atomic E-state index is 4.29. The summed E-state index contributed by atoms with van der Waals surface area (Å²) in [6.45, 7) is 11.2. The van der Waals surface area contributed by atoms with Crippen molar-refractivity contribution in [2.24, 2.45) is 0 Å². The number of hydrogen-bond donors (Lipinski definition) is 1. The van der Waals surface area contributed by atoms with Gasteiger partial charge in [-0.25, -0.2) is 4.98 Å². The monoisotopic (exact) mass is 207 g/mol. The first-order valence-electron chi connectivity index (χ1n) is 5.65. The van der Waals surface area contributed by atoms with E-state index in [1.807, 2.05) is 12.4 Å². The fourth-order valence-electron chi connectivity index (χ4n) is 1.54. The van der Waals surface area contributed by atoms with E-state index < -0.39 is 0 Å². The van der Waals surface area contributed by atoms with Gasteiger partial charge in [0.25, 0.3) is 0 Å². The molecule has 0 aliphatic rings. The lowest BCUT2D eigenvalue weighted by molar-refractivity contribution is 0.658. The van der Waals surface area contributed by atoms with E-state index in [0.29, 0.717) is 0 Å². The van der Waals surface area contributed by atoms with Crippen molar-refractivity contribution in [2.45, 2.75) is 33.2 Å². The van der Waals surface area contributed by atoms with Crippen LogP contribution in [-0.4, -0.2) is 22.6 Å². The van der Waals surface area contributed by atoms with E-state index in [0.717, 1.165) is 31.9 Å². The van der Waals surface area contributed by atoms with Gasteiger partial charge in [-0.3, -0.25) is 0 Å². The first-order valence-corrected chi connectivity index (χ1v) is 5.65. The second-order valence-corrected chi connectivity index (χ2v) is 3.75. The number of nitrogens with zero attached hydrogens (tertiary/aromatic N) is 2. The Morgan fingerprint density at radius 3 is 3.00 bits per heavy atom. The van der Waals surface area contributed by atoms with Crippen LogP contribution < -0.4 is 5.32 Å². The van der Waals surface area contributed by atoms with Crippen LogP contribution in [0.15, 0.2) is 24.5 Å². The van der Waals surface area contributed by atoms with Crippen LogP contribution in [-0.2, 0) is 13.0 Å². The van der Waals surface area contributed by atoms with Crippen LogP contribution in [0.4, 0.5) is 0 Å². The topological polar surface area (TPSA) is 29.9 Å². The molecule has 0 radical (unpaired) electrons. The fraction of sp³-hybridized carbons (Fsp3) is 0.583. The number of aromatic nitrogens is 2. The molecule has 0 saturated heterocycles. The van der Waals surface area contributed by atoms with Gasteiger partial charge in [0.05, 0.1) is 0 Å². The van der Waals surface area contributed by atoms with Crippen LogP contribution in [0.2, 0.25) is 0 Å². The lowest BCUT2D eigenvalue weighted by Crippen LogP contribution is -2.19. The van der Waals surface area contributed by atoms with Crippen molar-refractivity contribution >= 4 is 0 Å². The minimum absolute atomic E-state index is 0.875. The summed E-state index contributed by atoms with van der Waals surface area (Å²) in [4.78, 5) is 4.29. The molecule has 0 aliphatic heterocycles. The van der Waals surface area contributed by atoms with E-state index in [-0.39, 0.29) is 0 Å². The molecular weight excluding hydrogens is 186 g/mol. The Morgan fingerprint density at radius 2 is 2.33 bits per heavy atom. The average molecular weight is 207 g/mol. The molecule has 1 aromatic heterocycles. The van der Waals surface area contributed by atoms with Gasteiger partial charge in [-0.15, -0.1) is 0 Å². The van der Waals surface area contributed by atoms with Gasteiger partial charge in [0.1, 0.15) is 5.82 Å². The number of rotatable bonds is 7. The summed E-state index contributed by atoms with van der Waals surface area (Å²) in [5, 5.41) is 3.35. The number of hydrogen-bond acceptors (Lipinski definition) is 2. The number of aryl methyl sites for hydroxylation is 1. The maximum atomic E-state index is 4.29. The Labute approximate surface area is 92.2 Å².